The fourth-order valence-corrected chi connectivity index (χ4v) is 2.39. The molecule has 6 nitrogen and oxygen atoms in total. The van der Waals surface area contributed by atoms with E-state index in [-0.39, 0.29) is 11.4 Å². The Morgan fingerprint density at radius 2 is 1.80 bits per heavy atom. The molecular weight excluding hydrogens is 337 g/mol. The summed E-state index contributed by atoms with van der Waals surface area (Å²) in [5.74, 6) is -0.340. The van der Waals surface area contributed by atoms with Gasteiger partial charge in [-0.05, 0) is 25.1 Å². The Kier molecular flexibility index (Phi) is 3.86. The molecular formula is C16H13F3N4O2. The van der Waals surface area contributed by atoms with Crippen LogP contribution >= 0.6 is 0 Å². The predicted octanol–water partition coefficient (Wildman–Crippen LogP) is 2.67. The van der Waals surface area contributed by atoms with E-state index in [2.05, 4.69) is 10.2 Å². The van der Waals surface area contributed by atoms with E-state index in [0.29, 0.717) is 17.0 Å². The van der Waals surface area contributed by atoms with Gasteiger partial charge in [-0.3, -0.25) is 4.79 Å². The summed E-state index contributed by atoms with van der Waals surface area (Å²) in [6, 6.07) is 6.15. The number of nitrogens with zero attached hydrogens (tertiary/aromatic N) is 4. The Morgan fingerprint density at radius 3 is 2.40 bits per heavy atom. The zero-order valence-corrected chi connectivity index (χ0v) is 13.2. The van der Waals surface area contributed by atoms with E-state index in [4.69, 9.17) is 0 Å². The predicted molar refractivity (Wildman–Crippen MR) is 83.4 cm³/mol. The Morgan fingerprint density at radius 1 is 1.16 bits per heavy atom. The van der Waals surface area contributed by atoms with Crippen molar-refractivity contribution in [3.63, 3.8) is 0 Å². The van der Waals surface area contributed by atoms with Crippen molar-refractivity contribution in [2.24, 2.45) is 7.05 Å². The number of hydrogen-bond acceptors (Lipinski definition) is 4. The molecule has 1 N–H and O–H groups in total. The maximum atomic E-state index is 12.6. The molecule has 0 spiro atoms. The van der Waals surface area contributed by atoms with Crippen LogP contribution in [0, 0.1) is 6.92 Å². The Balaban J connectivity index is 2.08. The third-order valence-corrected chi connectivity index (χ3v) is 3.70. The van der Waals surface area contributed by atoms with E-state index in [1.165, 1.54) is 23.9 Å². The fourth-order valence-electron chi connectivity index (χ4n) is 2.39. The molecule has 2 aromatic heterocycles. The van der Waals surface area contributed by atoms with Gasteiger partial charge < -0.3 is 5.11 Å². The highest BCUT2D eigenvalue weighted by Gasteiger charge is 2.30. The Labute approximate surface area is 139 Å². The molecule has 3 aromatic rings. The van der Waals surface area contributed by atoms with Gasteiger partial charge in [-0.2, -0.15) is 23.4 Å². The van der Waals surface area contributed by atoms with Gasteiger partial charge in [-0.1, -0.05) is 12.1 Å². The average molecular weight is 350 g/mol. The maximum absolute atomic E-state index is 12.6. The molecule has 0 saturated heterocycles. The molecule has 0 unspecified atom stereocenters. The molecule has 0 aliphatic rings. The smallest absolute Gasteiger partial charge is 0.416 e. The van der Waals surface area contributed by atoms with Gasteiger partial charge in [0, 0.05) is 18.3 Å². The number of aromatic hydroxyl groups is 1. The van der Waals surface area contributed by atoms with Crippen molar-refractivity contribution in [1.29, 1.82) is 0 Å². The second kappa shape index (κ2) is 5.76. The summed E-state index contributed by atoms with van der Waals surface area (Å²) in [5.41, 5.74) is -0.00964. The second-order valence-electron chi connectivity index (χ2n) is 5.47. The van der Waals surface area contributed by atoms with Crippen LogP contribution in [0.2, 0.25) is 0 Å². The highest BCUT2D eigenvalue weighted by atomic mass is 19.4. The number of benzene rings is 1. The van der Waals surface area contributed by atoms with E-state index < -0.39 is 17.3 Å². The van der Waals surface area contributed by atoms with E-state index in [1.54, 1.807) is 13.0 Å². The van der Waals surface area contributed by atoms with Gasteiger partial charge in [0.05, 0.1) is 17.5 Å². The van der Waals surface area contributed by atoms with Crippen LogP contribution in [0.5, 0.6) is 5.75 Å². The molecule has 25 heavy (non-hydrogen) atoms. The van der Waals surface area contributed by atoms with Gasteiger partial charge in [0.25, 0.3) is 5.56 Å². The van der Waals surface area contributed by atoms with Gasteiger partial charge in [-0.25, -0.2) is 9.36 Å². The number of hydrogen-bond donors (Lipinski definition) is 1. The van der Waals surface area contributed by atoms with E-state index in [0.717, 1.165) is 23.0 Å². The van der Waals surface area contributed by atoms with Crippen LogP contribution in [-0.4, -0.2) is 24.7 Å². The first-order valence-electron chi connectivity index (χ1n) is 7.18. The van der Waals surface area contributed by atoms with E-state index in [9.17, 15) is 23.1 Å². The molecule has 2 heterocycles. The molecule has 0 aliphatic heterocycles. The average Bonchev–Trinajstić information content (AvgIpc) is 2.93. The van der Waals surface area contributed by atoms with Crippen LogP contribution < -0.4 is 5.56 Å². The van der Waals surface area contributed by atoms with Crippen LogP contribution in [-0.2, 0) is 13.2 Å². The van der Waals surface area contributed by atoms with Crippen molar-refractivity contribution >= 4 is 0 Å². The maximum Gasteiger partial charge on any atom is 0.416 e. The summed E-state index contributed by atoms with van der Waals surface area (Å²) in [4.78, 5) is 12.2. The fraction of sp³-hybridized carbons (Fsp3) is 0.188. The van der Waals surface area contributed by atoms with Crippen LogP contribution in [0.3, 0.4) is 0 Å². The standard InChI is InChI=1S/C16H13F3N4O2/c1-9-7-12(10-3-5-11(6-4-10)16(17,18)19)21-23(9)14-13(24)8-20-22(2)15(14)25/h3-8,24H,1-2H3. The Bertz CT molecular complexity index is 988. The van der Waals surface area contributed by atoms with E-state index >= 15 is 0 Å². The summed E-state index contributed by atoms with van der Waals surface area (Å²) in [6.45, 7) is 1.67. The van der Waals surface area contributed by atoms with Gasteiger partial charge in [0.15, 0.2) is 11.4 Å². The molecule has 0 fully saturated rings. The normalized spacial score (nSPS) is 11.7. The third kappa shape index (κ3) is 3.00. The summed E-state index contributed by atoms with van der Waals surface area (Å²) >= 11 is 0. The van der Waals surface area contributed by atoms with Crippen molar-refractivity contribution in [3.05, 3.63) is 58.1 Å². The molecule has 1 aromatic carbocycles. The zero-order valence-electron chi connectivity index (χ0n) is 13.2. The SMILES string of the molecule is Cc1cc(-c2ccc(C(F)(F)F)cc2)nn1-c1c(O)cnn(C)c1=O. The quantitative estimate of drug-likeness (QED) is 0.771. The molecule has 130 valence electrons. The number of alkyl halides is 3. The van der Waals surface area contributed by atoms with Crippen LogP contribution in [0.1, 0.15) is 11.3 Å². The lowest BCUT2D eigenvalue weighted by Crippen LogP contribution is -2.24. The monoisotopic (exact) mass is 350 g/mol. The molecule has 9 heteroatoms. The summed E-state index contributed by atoms with van der Waals surface area (Å²) in [7, 11) is 1.43. The highest BCUT2D eigenvalue weighted by molar-refractivity contribution is 5.61. The molecule has 0 saturated carbocycles. The minimum atomic E-state index is -4.41. The molecule has 0 amide bonds. The largest absolute Gasteiger partial charge is 0.504 e. The Hall–Kier alpha value is -3.10. The number of halogens is 3. The summed E-state index contributed by atoms with van der Waals surface area (Å²) in [6.07, 6.45) is -3.29. The third-order valence-electron chi connectivity index (χ3n) is 3.70. The van der Waals surface area contributed by atoms with Crippen LogP contribution in [0.25, 0.3) is 16.9 Å². The van der Waals surface area contributed by atoms with Gasteiger partial charge in [0.1, 0.15) is 0 Å². The lowest BCUT2D eigenvalue weighted by atomic mass is 10.1. The molecule has 0 aliphatic carbocycles. The molecule has 0 atom stereocenters. The van der Waals surface area contributed by atoms with Gasteiger partial charge in [0.2, 0.25) is 0 Å². The first-order valence-corrected chi connectivity index (χ1v) is 7.18. The number of aromatic nitrogens is 4. The number of rotatable bonds is 2. The first-order chi connectivity index (χ1) is 11.7. The summed E-state index contributed by atoms with van der Waals surface area (Å²) < 4.78 is 40.2. The molecule has 0 radical (unpaired) electrons. The summed E-state index contributed by atoms with van der Waals surface area (Å²) in [5, 5.41) is 17.9. The molecule has 3 rings (SSSR count). The van der Waals surface area contributed by atoms with Crippen molar-refractivity contribution < 1.29 is 18.3 Å². The van der Waals surface area contributed by atoms with Crippen molar-refractivity contribution in [1.82, 2.24) is 19.6 Å². The van der Waals surface area contributed by atoms with Gasteiger partial charge >= 0.3 is 6.18 Å². The van der Waals surface area contributed by atoms with Crippen LogP contribution in [0.15, 0.2) is 41.3 Å². The zero-order chi connectivity index (χ0) is 18.4. The lowest BCUT2D eigenvalue weighted by molar-refractivity contribution is -0.137. The van der Waals surface area contributed by atoms with Crippen molar-refractivity contribution in [2.45, 2.75) is 13.1 Å². The topological polar surface area (TPSA) is 72.9 Å². The number of aryl methyl sites for hydroxylation is 2. The minimum Gasteiger partial charge on any atom is -0.504 e. The van der Waals surface area contributed by atoms with E-state index in [1.807, 2.05) is 0 Å². The highest BCUT2D eigenvalue weighted by Crippen LogP contribution is 2.31. The van der Waals surface area contributed by atoms with Gasteiger partial charge in [-0.15, -0.1) is 0 Å². The van der Waals surface area contributed by atoms with Crippen molar-refractivity contribution in [2.75, 3.05) is 0 Å². The lowest BCUT2D eigenvalue weighted by Gasteiger charge is -2.07. The minimum absolute atomic E-state index is 0.0758. The molecule has 0 bridgehead atoms. The van der Waals surface area contributed by atoms with Crippen LogP contribution in [0.4, 0.5) is 13.2 Å². The second-order valence-corrected chi connectivity index (χ2v) is 5.47. The first kappa shape index (κ1) is 16.7. The van der Waals surface area contributed by atoms with Crippen molar-refractivity contribution in [3.8, 4) is 22.7 Å².